The Morgan fingerprint density at radius 2 is 1.89 bits per heavy atom. The molecule has 0 saturated carbocycles. The molecule has 106 valence electrons. The molecule has 2 heterocycles. The normalized spacial score (nSPS) is 28.7. The van der Waals surface area contributed by atoms with Crippen molar-refractivity contribution in [1.82, 2.24) is 15.1 Å². The third-order valence-corrected chi connectivity index (χ3v) is 4.51. The summed E-state index contributed by atoms with van der Waals surface area (Å²) in [6.07, 6.45) is 6.80. The van der Waals surface area contributed by atoms with Crippen LogP contribution in [0.2, 0.25) is 0 Å². The maximum Gasteiger partial charge on any atom is 0.00914 e. The van der Waals surface area contributed by atoms with Gasteiger partial charge in [0.05, 0.1) is 0 Å². The molecule has 3 nitrogen and oxygen atoms in total. The molecule has 2 aliphatic heterocycles. The maximum absolute atomic E-state index is 3.67. The van der Waals surface area contributed by atoms with Crippen molar-refractivity contribution in [2.75, 3.05) is 46.3 Å². The Morgan fingerprint density at radius 3 is 2.56 bits per heavy atom. The number of nitrogens with one attached hydrogen (secondary N) is 1. The topological polar surface area (TPSA) is 18.5 Å². The molecule has 2 fully saturated rings. The molecule has 0 radical (unpaired) electrons. The first-order valence-corrected chi connectivity index (χ1v) is 7.92. The SMILES string of the molecule is CCCNC1CCN(CC2CCCN(C)C2)CC1. The molecule has 0 aromatic heterocycles. The number of rotatable bonds is 5. The minimum atomic E-state index is 0.787. The highest BCUT2D eigenvalue weighted by Gasteiger charge is 2.23. The van der Waals surface area contributed by atoms with Crippen LogP contribution >= 0.6 is 0 Å². The van der Waals surface area contributed by atoms with E-state index < -0.39 is 0 Å². The average molecular weight is 253 g/mol. The van der Waals surface area contributed by atoms with Crippen molar-refractivity contribution in [1.29, 1.82) is 0 Å². The quantitative estimate of drug-likeness (QED) is 0.806. The second-order valence-electron chi connectivity index (χ2n) is 6.30. The van der Waals surface area contributed by atoms with Crippen LogP contribution in [0.25, 0.3) is 0 Å². The zero-order valence-corrected chi connectivity index (χ0v) is 12.3. The molecule has 2 saturated heterocycles. The van der Waals surface area contributed by atoms with E-state index in [-0.39, 0.29) is 0 Å². The third kappa shape index (κ3) is 4.52. The fraction of sp³-hybridized carbons (Fsp3) is 1.00. The Kier molecular flexibility index (Phi) is 5.93. The van der Waals surface area contributed by atoms with Crippen LogP contribution in [0.3, 0.4) is 0 Å². The molecule has 0 amide bonds. The number of likely N-dealkylation sites (tertiary alicyclic amines) is 2. The van der Waals surface area contributed by atoms with Gasteiger partial charge >= 0.3 is 0 Å². The van der Waals surface area contributed by atoms with Gasteiger partial charge in [-0.2, -0.15) is 0 Å². The van der Waals surface area contributed by atoms with Gasteiger partial charge in [0.15, 0.2) is 0 Å². The van der Waals surface area contributed by atoms with Gasteiger partial charge in [0.25, 0.3) is 0 Å². The van der Waals surface area contributed by atoms with Gasteiger partial charge in [-0.25, -0.2) is 0 Å². The summed E-state index contributed by atoms with van der Waals surface area (Å²) < 4.78 is 0. The van der Waals surface area contributed by atoms with E-state index in [9.17, 15) is 0 Å². The maximum atomic E-state index is 3.67. The van der Waals surface area contributed by atoms with Crippen molar-refractivity contribution in [2.24, 2.45) is 5.92 Å². The number of hydrogen-bond acceptors (Lipinski definition) is 3. The molecule has 0 aromatic carbocycles. The highest BCUT2D eigenvalue weighted by molar-refractivity contribution is 4.80. The lowest BCUT2D eigenvalue weighted by Crippen LogP contribution is -2.46. The summed E-state index contributed by atoms with van der Waals surface area (Å²) in [5.74, 6) is 0.920. The molecule has 2 aliphatic rings. The minimum absolute atomic E-state index is 0.787. The van der Waals surface area contributed by atoms with Gasteiger partial charge in [0.2, 0.25) is 0 Å². The van der Waals surface area contributed by atoms with Gasteiger partial charge in [-0.05, 0) is 71.2 Å². The second kappa shape index (κ2) is 7.46. The zero-order valence-electron chi connectivity index (χ0n) is 12.3. The van der Waals surface area contributed by atoms with E-state index >= 15 is 0 Å². The molecule has 0 aliphatic carbocycles. The third-order valence-electron chi connectivity index (χ3n) is 4.51. The standard InChI is InChI=1S/C15H31N3/c1-3-8-16-15-6-10-18(11-7-15)13-14-5-4-9-17(2)12-14/h14-16H,3-13H2,1-2H3. The number of piperidine rings is 2. The van der Waals surface area contributed by atoms with Crippen molar-refractivity contribution in [3.8, 4) is 0 Å². The largest absolute Gasteiger partial charge is 0.314 e. The van der Waals surface area contributed by atoms with Crippen LogP contribution in [-0.4, -0.2) is 62.2 Å². The number of hydrogen-bond donors (Lipinski definition) is 1. The Morgan fingerprint density at radius 1 is 1.11 bits per heavy atom. The zero-order chi connectivity index (χ0) is 12.8. The highest BCUT2D eigenvalue weighted by Crippen LogP contribution is 2.19. The van der Waals surface area contributed by atoms with Crippen molar-refractivity contribution in [2.45, 2.75) is 45.1 Å². The monoisotopic (exact) mass is 253 g/mol. The smallest absolute Gasteiger partial charge is 0.00914 e. The highest BCUT2D eigenvalue weighted by atomic mass is 15.2. The summed E-state index contributed by atoms with van der Waals surface area (Å²) in [5.41, 5.74) is 0. The Labute approximate surface area is 113 Å². The first-order chi connectivity index (χ1) is 8.78. The lowest BCUT2D eigenvalue weighted by atomic mass is 9.96. The first kappa shape index (κ1) is 14.3. The summed E-state index contributed by atoms with van der Waals surface area (Å²) in [4.78, 5) is 5.21. The van der Waals surface area contributed by atoms with Gasteiger partial charge in [-0.1, -0.05) is 6.92 Å². The molecule has 1 atom stereocenters. The van der Waals surface area contributed by atoms with Crippen LogP contribution in [0.5, 0.6) is 0 Å². The first-order valence-electron chi connectivity index (χ1n) is 7.92. The van der Waals surface area contributed by atoms with Crippen molar-refractivity contribution < 1.29 is 0 Å². The molecular weight excluding hydrogens is 222 g/mol. The van der Waals surface area contributed by atoms with E-state index in [0.717, 1.165) is 12.0 Å². The van der Waals surface area contributed by atoms with Crippen molar-refractivity contribution >= 4 is 0 Å². The van der Waals surface area contributed by atoms with Gasteiger partial charge in [0.1, 0.15) is 0 Å². The van der Waals surface area contributed by atoms with Crippen molar-refractivity contribution in [3.05, 3.63) is 0 Å². The average Bonchev–Trinajstić information content (AvgIpc) is 2.38. The molecule has 1 unspecified atom stereocenters. The van der Waals surface area contributed by atoms with Gasteiger partial charge < -0.3 is 15.1 Å². The van der Waals surface area contributed by atoms with Crippen LogP contribution in [0, 0.1) is 5.92 Å². The molecule has 18 heavy (non-hydrogen) atoms. The lowest BCUT2D eigenvalue weighted by Gasteiger charge is -2.37. The number of nitrogens with zero attached hydrogens (tertiary/aromatic N) is 2. The van der Waals surface area contributed by atoms with Crippen LogP contribution < -0.4 is 5.32 Å². The van der Waals surface area contributed by atoms with Crippen LogP contribution in [0.1, 0.15) is 39.0 Å². The molecular formula is C15H31N3. The van der Waals surface area contributed by atoms with Gasteiger partial charge in [-0.3, -0.25) is 0 Å². The molecule has 1 N–H and O–H groups in total. The van der Waals surface area contributed by atoms with E-state index in [2.05, 4.69) is 29.1 Å². The molecule has 0 aromatic rings. The van der Waals surface area contributed by atoms with Crippen LogP contribution in [-0.2, 0) is 0 Å². The van der Waals surface area contributed by atoms with E-state index in [1.807, 2.05) is 0 Å². The van der Waals surface area contributed by atoms with Crippen LogP contribution in [0.15, 0.2) is 0 Å². The molecule has 3 heteroatoms. The Bertz CT molecular complexity index is 224. The predicted octanol–water partition coefficient (Wildman–Crippen LogP) is 1.79. The summed E-state index contributed by atoms with van der Waals surface area (Å²) in [6.45, 7) is 10.0. The summed E-state index contributed by atoms with van der Waals surface area (Å²) in [6, 6.07) is 0.787. The van der Waals surface area contributed by atoms with E-state index in [0.29, 0.717) is 0 Å². The molecule has 0 bridgehead atoms. The second-order valence-corrected chi connectivity index (χ2v) is 6.30. The lowest BCUT2D eigenvalue weighted by molar-refractivity contribution is 0.127. The minimum Gasteiger partial charge on any atom is -0.314 e. The molecule has 2 rings (SSSR count). The van der Waals surface area contributed by atoms with E-state index in [1.165, 1.54) is 71.4 Å². The fourth-order valence-electron chi connectivity index (χ4n) is 3.46. The predicted molar refractivity (Wildman–Crippen MR) is 78.0 cm³/mol. The summed E-state index contributed by atoms with van der Waals surface area (Å²) in [5, 5.41) is 3.67. The molecule has 0 spiro atoms. The Hall–Kier alpha value is -0.120. The van der Waals surface area contributed by atoms with E-state index in [4.69, 9.17) is 0 Å². The van der Waals surface area contributed by atoms with Crippen molar-refractivity contribution in [3.63, 3.8) is 0 Å². The fourth-order valence-corrected chi connectivity index (χ4v) is 3.46. The summed E-state index contributed by atoms with van der Waals surface area (Å²) >= 11 is 0. The van der Waals surface area contributed by atoms with E-state index in [1.54, 1.807) is 0 Å². The van der Waals surface area contributed by atoms with Crippen LogP contribution in [0.4, 0.5) is 0 Å². The van der Waals surface area contributed by atoms with Gasteiger partial charge in [0, 0.05) is 19.1 Å². The van der Waals surface area contributed by atoms with Gasteiger partial charge in [-0.15, -0.1) is 0 Å². The Balaban J connectivity index is 1.63. The summed E-state index contributed by atoms with van der Waals surface area (Å²) in [7, 11) is 2.27.